The van der Waals surface area contributed by atoms with E-state index in [2.05, 4.69) is 12.0 Å². The topological polar surface area (TPSA) is 67.7 Å². The molecule has 0 radical (unpaired) electrons. The fraction of sp³-hybridized carbons (Fsp3) is 0.500. The van der Waals surface area contributed by atoms with Crippen LogP contribution in [0.25, 0.3) is 0 Å². The SMILES string of the molecule is CCCn1ncc(C(=N)N)c1C. The standard InChI is InChI=1S/C8H14N4/c1-3-4-12-6(2)7(5-11-12)8(9)10/h5H,3-4H2,1-2H3,(H3,9,10). The van der Waals surface area contributed by atoms with Crippen molar-refractivity contribution in [3.05, 3.63) is 17.5 Å². The summed E-state index contributed by atoms with van der Waals surface area (Å²) in [6.45, 7) is 4.91. The van der Waals surface area contributed by atoms with Crippen molar-refractivity contribution in [2.45, 2.75) is 26.8 Å². The van der Waals surface area contributed by atoms with Crippen LogP contribution < -0.4 is 5.73 Å². The second-order valence-electron chi connectivity index (χ2n) is 2.78. The lowest BCUT2D eigenvalue weighted by molar-refractivity contribution is 0.587. The Balaban J connectivity index is 2.96. The molecule has 0 atom stereocenters. The van der Waals surface area contributed by atoms with Crippen molar-refractivity contribution in [1.29, 1.82) is 5.41 Å². The smallest absolute Gasteiger partial charge is 0.126 e. The first-order valence-electron chi connectivity index (χ1n) is 4.03. The summed E-state index contributed by atoms with van der Waals surface area (Å²) in [4.78, 5) is 0. The quantitative estimate of drug-likeness (QED) is 0.517. The van der Waals surface area contributed by atoms with E-state index in [-0.39, 0.29) is 5.84 Å². The molecule has 0 aromatic carbocycles. The van der Waals surface area contributed by atoms with Crippen LogP contribution in [-0.2, 0) is 6.54 Å². The lowest BCUT2D eigenvalue weighted by atomic mass is 10.2. The number of nitrogen functional groups attached to an aromatic ring is 1. The fourth-order valence-corrected chi connectivity index (χ4v) is 1.15. The zero-order valence-electron chi connectivity index (χ0n) is 7.46. The van der Waals surface area contributed by atoms with Crippen LogP contribution in [0.5, 0.6) is 0 Å². The zero-order chi connectivity index (χ0) is 9.14. The number of rotatable bonds is 3. The Morgan fingerprint density at radius 1 is 1.75 bits per heavy atom. The molecule has 0 saturated carbocycles. The van der Waals surface area contributed by atoms with E-state index >= 15 is 0 Å². The van der Waals surface area contributed by atoms with E-state index in [1.54, 1.807) is 6.20 Å². The van der Waals surface area contributed by atoms with Gasteiger partial charge in [0.15, 0.2) is 0 Å². The zero-order valence-corrected chi connectivity index (χ0v) is 7.46. The highest BCUT2D eigenvalue weighted by Gasteiger charge is 2.06. The van der Waals surface area contributed by atoms with Gasteiger partial charge in [0, 0.05) is 12.2 Å². The predicted octanol–water partition coefficient (Wildman–Crippen LogP) is 0.886. The average Bonchev–Trinajstić information content (AvgIpc) is 2.34. The molecule has 0 aliphatic rings. The molecule has 1 aromatic rings. The number of nitrogens with one attached hydrogen (secondary N) is 1. The van der Waals surface area contributed by atoms with Crippen LogP contribution in [0.1, 0.15) is 24.6 Å². The number of hydrogen-bond acceptors (Lipinski definition) is 2. The first kappa shape index (κ1) is 8.77. The Kier molecular flexibility index (Phi) is 2.47. The molecule has 0 saturated heterocycles. The monoisotopic (exact) mass is 166 g/mol. The molecule has 1 aromatic heterocycles. The van der Waals surface area contributed by atoms with Crippen LogP contribution in [0.3, 0.4) is 0 Å². The first-order valence-corrected chi connectivity index (χ1v) is 4.03. The van der Waals surface area contributed by atoms with Gasteiger partial charge in [0.25, 0.3) is 0 Å². The van der Waals surface area contributed by atoms with Gasteiger partial charge in [-0.25, -0.2) is 0 Å². The Morgan fingerprint density at radius 3 is 2.83 bits per heavy atom. The maximum absolute atomic E-state index is 7.25. The maximum atomic E-state index is 7.25. The molecular weight excluding hydrogens is 152 g/mol. The third-order valence-electron chi connectivity index (χ3n) is 1.83. The van der Waals surface area contributed by atoms with Gasteiger partial charge in [0.1, 0.15) is 5.84 Å². The third-order valence-corrected chi connectivity index (χ3v) is 1.83. The van der Waals surface area contributed by atoms with Gasteiger partial charge in [0.05, 0.1) is 11.8 Å². The van der Waals surface area contributed by atoms with Crippen molar-refractivity contribution >= 4 is 5.84 Å². The molecule has 0 amide bonds. The molecular formula is C8H14N4. The minimum absolute atomic E-state index is 0.0925. The van der Waals surface area contributed by atoms with Crippen LogP contribution in [-0.4, -0.2) is 15.6 Å². The highest BCUT2D eigenvalue weighted by molar-refractivity contribution is 5.95. The number of hydrogen-bond donors (Lipinski definition) is 2. The van der Waals surface area contributed by atoms with Gasteiger partial charge in [0.2, 0.25) is 0 Å². The van der Waals surface area contributed by atoms with Crippen molar-refractivity contribution < 1.29 is 0 Å². The summed E-state index contributed by atoms with van der Waals surface area (Å²) in [5.41, 5.74) is 7.07. The molecule has 1 heterocycles. The maximum Gasteiger partial charge on any atom is 0.126 e. The second kappa shape index (κ2) is 3.38. The Hall–Kier alpha value is -1.32. The van der Waals surface area contributed by atoms with E-state index < -0.39 is 0 Å². The summed E-state index contributed by atoms with van der Waals surface area (Å²) in [6, 6.07) is 0. The molecule has 0 spiro atoms. The van der Waals surface area contributed by atoms with Crippen LogP contribution in [0, 0.1) is 12.3 Å². The van der Waals surface area contributed by atoms with Crippen molar-refractivity contribution in [3.63, 3.8) is 0 Å². The molecule has 3 N–H and O–H groups in total. The summed E-state index contributed by atoms with van der Waals surface area (Å²) < 4.78 is 1.87. The summed E-state index contributed by atoms with van der Waals surface area (Å²) in [6.07, 6.45) is 2.69. The highest BCUT2D eigenvalue weighted by Crippen LogP contribution is 2.06. The van der Waals surface area contributed by atoms with Gasteiger partial charge in [-0.2, -0.15) is 5.10 Å². The average molecular weight is 166 g/mol. The molecule has 4 heteroatoms. The molecule has 4 nitrogen and oxygen atoms in total. The van der Waals surface area contributed by atoms with E-state index in [1.165, 1.54) is 0 Å². The lowest BCUT2D eigenvalue weighted by Gasteiger charge is -2.01. The molecule has 0 bridgehead atoms. The lowest BCUT2D eigenvalue weighted by Crippen LogP contribution is -2.12. The molecule has 0 fully saturated rings. The first-order chi connectivity index (χ1) is 5.66. The number of nitrogens with zero attached hydrogens (tertiary/aromatic N) is 2. The second-order valence-corrected chi connectivity index (χ2v) is 2.78. The Labute approximate surface area is 71.9 Å². The van der Waals surface area contributed by atoms with Crippen molar-refractivity contribution in [2.75, 3.05) is 0 Å². The van der Waals surface area contributed by atoms with E-state index in [0.29, 0.717) is 0 Å². The van der Waals surface area contributed by atoms with E-state index in [9.17, 15) is 0 Å². The molecule has 1 rings (SSSR count). The van der Waals surface area contributed by atoms with Crippen molar-refractivity contribution in [3.8, 4) is 0 Å². The van der Waals surface area contributed by atoms with Crippen LogP contribution in [0.4, 0.5) is 0 Å². The third kappa shape index (κ3) is 1.47. The minimum atomic E-state index is 0.0925. The Bertz CT molecular complexity index is 287. The number of amidine groups is 1. The summed E-state index contributed by atoms with van der Waals surface area (Å²) in [7, 11) is 0. The van der Waals surface area contributed by atoms with E-state index in [4.69, 9.17) is 11.1 Å². The molecule has 0 unspecified atom stereocenters. The molecule has 0 aliphatic heterocycles. The van der Waals surface area contributed by atoms with Crippen LogP contribution in [0.15, 0.2) is 6.20 Å². The van der Waals surface area contributed by atoms with Crippen molar-refractivity contribution in [2.24, 2.45) is 5.73 Å². The summed E-state index contributed by atoms with van der Waals surface area (Å²) >= 11 is 0. The van der Waals surface area contributed by atoms with E-state index in [1.807, 2.05) is 11.6 Å². The van der Waals surface area contributed by atoms with Gasteiger partial charge in [-0.1, -0.05) is 6.92 Å². The van der Waals surface area contributed by atoms with Gasteiger partial charge < -0.3 is 5.73 Å². The highest BCUT2D eigenvalue weighted by atomic mass is 15.3. The van der Waals surface area contributed by atoms with E-state index in [0.717, 1.165) is 24.2 Å². The van der Waals surface area contributed by atoms with Gasteiger partial charge in [-0.3, -0.25) is 10.1 Å². The van der Waals surface area contributed by atoms with Crippen LogP contribution >= 0.6 is 0 Å². The summed E-state index contributed by atoms with van der Waals surface area (Å²) in [5.74, 6) is 0.0925. The van der Waals surface area contributed by atoms with Crippen molar-refractivity contribution in [1.82, 2.24) is 9.78 Å². The Morgan fingerprint density at radius 2 is 2.42 bits per heavy atom. The number of nitrogens with two attached hydrogens (primary N) is 1. The molecule has 66 valence electrons. The molecule has 12 heavy (non-hydrogen) atoms. The van der Waals surface area contributed by atoms with Crippen LogP contribution in [0.2, 0.25) is 0 Å². The molecule has 0 aliphatic carbocycles. The predicted molar refractivity (Wildman–Crippen MR) is 48.3 cm³/mol. The largest absolute Gasteiger partial charge is 0.384 e. The normalized spacial score (nSPS) is 10.2. The van der Waals surface area contributed by atoms with Gasteiger partial charge in [-0.05, 0) is 13.3 Å². The number of aryl methyl sites for hydroxylation is 1. The fourth-order valence-electron chi connectivity index (χ4n) is 1.15. The summed E-state index contributed by atoms with van der Waals surface area (Å²) in [5, 5.41) is 11.4. The minimum Gasteiger partial charge on any atom is -0.384 e. The van der Waals surface area contributed by atoms with Gasteiger partial charge in [-0.15, -0.1) is 0 Å². The number of aromatic nitrogens is 2. The van der Waals surface area contributed by atoms with Gasteiger partial charge >= 0.3 is 0 Å².